The molecule has 8 nitrogen and oxygen atoms in total. The Labute approximate surface area is 171 Å². The molecule has 0 bridgehead atoms. The second kappa shape index (κ2) is 10.3. The highest BCUT2D eigenvalue weighted by Gasteiger charge is 2.32. The zero-order valence-corrected chi connectivity index (χ0v) is 17.0. The number of hydrogen-bond acceptors (Lipinski definition) is 6. The van der Waals surface area contributed by atoms with Gasteiger partial charge in [-0.25, -0.2) is 4.98 Å². The summed E-state index contributed by atoms with van der Waals surface area (Å²) < 4.78 is 4.99. The highest BCUT2D eigenvalue weighted by Crippen LogP contribution is 2.24. The molecule has 0 aliphatic carbocycles. The first kappa shape index (κ1) is 21.2. The summed E-state index contributed by atoms with van der Waals surface area (Å²) in [6.45, 7) is 4.28. The van der Waals surface area contributed by atoms with E-state index in [1.54, 1.807) is 19.2 Å². The Morgan fingerprint density at radius 1 is 1.28 bits per heavy atom. The van der Waals surface area contributed by atoms with Crippen LogP contribution < -0.4 is 5.32 Å². The summed E-state index contributed by atoms with van der Waals surface area (Å²) in [5.41, 5.74) is 0.833. The van der Waals surface area contributed by atoms with Gasteiger partial charge < -0.3 is 15.0 Å². The zero-order chi connectivity index (χ0) is 20.6. The van der Waals surface area contributed by atoms with E-state index in [-0.39, 0.29) is 17.7 Å². The van der Waals surface area contributed by atoms with Crippen LogP contribution in [0.3, 0.4) is 0 Å². The van der Waals surface area contributed by atoms with Gasteiger partial charge in [0.25, 0.3) is 5.91 Å². The van der Waals surface area contributed by atoms with E-state index < -0.39 is 0 Å². The van der Waals surface area contributed by atoms with Crippen LogP contribution >= 0.6 is 0 Å². The predicted molar refractivity (Wildman–Crippen MR) is 107 cm³/mol. The zero-order valence-electron chi connectivity index (χ0n) is 17.0. The van der Waals surface area contributed by atoms with E-state index in [0.717, 1.165) is 38.8 Å². The third-order valence-electron chi connectivity index (χ3n) is 5.82. The first-order valence-electron chi connectivity index (χ1n) is 10.3. The summed E-state index contributed by atoms with van der Waals surface area (Å²) in [4.78, 5) is 33.3. The fourth-order valence-electron chi connectivity index (χ4n) is 4.18. The van der Waals surface area contributed by atoms with Crippen molar-refractivity contribution >= 4 is 11.8 Å². The molecule has 0 radical (unpaired) electrons. The fourth-order valence-corrected chi connectivity index (χ4v) is 4.18. The molecule has 2 aliphatic rings. The third kappa shape index (κ3) is 5.52. The van der Waals surface area contributed by atoms with Crippen molar-refractivity contribution in [2.24, 2.45) is 5.92 Å². The van der Waals surface area contributed by atoms with Crippen LogP contribution in [0.15, 0.2) is 18.3 Å². The molecular formula is C21H29N5O3. The maximum atomic E-state index is 12.7. The van der Waals surface area contributed by atoms with Gasteiger partial charge in [-0.15, -0.1) is 0 Å². The van der Waals surface area contributed by atoms with Crippen LogP contribution in [0.2, 0.25) is 0 Å². The number of nitrogens with one attached hydrogen (secondary N) is 1. The second-order valence-electron chi connectivity index (χ2n) is 7.69. The molecular weight excluding hydrogens is 370 g/mol. The van der Waals surface area contributed by atoms with Crippen LogP contribution in [0.4, 0.5) is 0 Å². The summed E-state index contributed by atoms with van der Waals surface area (Å²) in [7, 11) is 1.63. The monoisotopic (exact) mass is 399 g/mol. The van der Waals surface area contributed by atoms with Crippen molar-refractivity contribution in [2.75, 3.05) is 46.4 Å². The number of amides is 2. The molecule has 1 aromatic rings. The van der Waals surface area contributed by atoms with Gasteiger partial charge in [0.2, 0.25) is 5.91 Å². The van der Waals surface area contributed by atoms with Crippen LogP contribution in [-0.2, 0) is 9.53 Å². The Morgan fingerprint density at radius 2 is 2.07 bits per heavy atom. The summed E-state index contributed by atoms with van der Waals surface area (Å²) in [5.74, 6) is 0.118. The molecule has 0 unspecified atom stereocenters. The van der Waals surface area contributed by atoms with Gasteiger partial charge in [0.05, 0.1) is 18.1 Å². The molecule has 3 rings (SSSR count). The van der Waals surface area contributed by atoms with E-state index in [9.17, 15) is 9.59 Å². The number of ether oxygens (including phenoxy) is 1. The normalized spacial score (nSPS) is 20.8. The SMILES string of the molecule is COCCNC(=O)[C@@H]1CCCN(C2CCN(C(=O)c3ccc(C#N)nc3)CC2)C1. The van der Waals surface area contributed by atoms with E-state index >= 15 is 0 Å². The van der Waals surface area contributed by atoms with Crippen LogP contribution in [0.5, 0.6) is 0 Å². The number of likely N-dealkylation sites (tertiary alicyclic amines) is 2. The van der Waals surface area contributed by atoms with Gasteiger partial charge in [-0.3, -0.25) is 14.5 Å². The molecule has 0 saturated carbocycles. The lowest BCUT2D eigenvalue weighted by Crippen LogP contribution is -2.51. The minimum absolute atomic E-state index is 0.0324. The highest BCUT2D eigenvalue weighted by molar-refractivity contribution is 5.94. The Balaban J connectivity index is 1.48. The summed E-state index contributed by atoms with van der Waals surface area (Å²) in [5, 5.41) is 11.8. The number of rotatable bonds is 6. The largest absolute Gasteiger partial charge is 0.383 e. The Bertz CT molecular complexity index is 738. The Kier molecular flexibility index (Phi) is 7.55. The molecule has 3 heterocycles. The smallest absolute Gasteiger partial charge is 0.255 e. The molecule has 8 heteroatoms. The lowest BCUT2D eigenvalue weighted by Gasteiger charge is -2.42. The lowest BCUT2D eigenvalue weighted by molar-refractivity contribution is -0.127. The van der Waals surface area contributed by atoms with E-state index in [1.165, 1.54) is 6.20 Å². The first-order chi connectivity index (χ1) is 14.1. The molecule has 2 aliphatic heterocycles. The number of aromatic nitrogens is 1. The number of carbonyl (C=O) groups excluding carboxylic acids is 2. The van der Waals surface area contributed by atoms with Crippen molar-refractivity contribution in [2.45, 2.75) is 31.7 Å². The molecule has 2 saturated heterocycles. The third-order valence-corrected chi connectivity index (χ3v) is 5.82. The number of nitrogens with zero attached hydrogens (tertiary/aromatic N) is 4. The molecule has 0 spiro atoms. The molecule has 29 heavy (non-hydrogen) atoms. The second-order valence-corrected chi connectivity index (χ2v) is 7.69. The van der Waals surface area contributed by atoms with Crippen molar-refractivity contribution in [1.82, 2.24) is 20.1 Å². The average molecular weight is 399 g/mol. The number of methoxy groups -OCH3 is 1. The van der Waals surface area contributed by atoms with Gasteiger partial charge in [-0.2, -0.15) is 5.26 Å². The maximum absolute atomic E-state index is 12.7. The van der Waals surface area contributed by atoms with Crippen molar-refractivity contribution in [3.05, 3.63) is 29.6 Å². The highest BCUT2D eigenvalue weighted by atomic mass is 16.5. The van der Waals surface area contributed by atoms with Gasteiger partial charge in [-0.05, 0) is 44.4 Å². The molecule has 2 fully saturated rings. The molecule has 1 aromatic heterocycles. The standard InChI is InChI=1S/C21H29N5O3/c1-29-12-8-23-20(27)17-3-2-9-26(15-17)19-6-10-25(11-7-19)21(28)16-4-5-18(13-22)24-14-16/h4-5,14,17,19H,2-3,6-12,15H2,1H3,(H,23,27)/t17-/m1/s1. The maximum Gasteiger partial charge on any atom is 0.255 e. The number of hydrogen-bond donors (Lipinski definition) is 1. The fraction of sp³-hybridized carbons (Fsp3) is 0.619. The minimum atomic E-state index is -0.0329. The molecule has 1 N–H and O–H groups in total. The van der Waals surface area contributed by atoms with Crippen LogP contribution in [0.25, 0.3) is 0 Å². The van der Waals surface area contributed by atoms with E-state index in [1.807, 2.05) is 11.0 Å². The lowest BCUT2D eigenvalue weighted by atomic mass is 9.93. The van der Waals surface area contributed by atoms with Crippen LogP contribution in [0, 0.1) is 17.2 Å². The summed E-state index contributed by atoms with van der Waals surface area (Å²) in [6.07, 6.45) is 5.25. The van der Waals surface area contributed by atoms with Crippen LogP contribution in [-0.4, -0.2) is 79.1 Å². The topological polar surface area (TPSA) is 98.6 Å². The minimum Gasteiger partial charge on any atom is -0.383 e. The number of piperidine rings is 2. The quantitative estimate of drug-likeness (QED) is 0.718. The molecule has 2 amide bonds. The summed E-state index contributed by atoms with van der Waals surface area (Å²) >= 11 is 0. The average Bonchev–Trinajstić information content (AvgIpc) is 2.79. The predicted octanol–water partition coefficient (Wildman–Crippen LogP) is 1.03. The molecule has 1 atom stereocenters. The van der Waals surface area contributed by atoms with Crippen molar-refractivity contribution in [1.29, 1.82) is 5.26 Å². The van der Waals surface area contributed by atoms with Gasteiger partial charge in [-0.1, -0.05) is 0 Å². The van der Waals surface area contributed by atoms with Gasteiger partial charge in [0, 0.05) is 45.5 Å². The number of pyridine rings is 1. The van der Waals surface area contributed by atoms with Crippen molar-refractivity contribution in [3.63, 3.8) is 0 Å². The van der Waals surface area contributed by atoms with Crippen molar-refractivity contribution in [3.8, 4) is 6.07 Å². The van der Waals surface area contributed by atoms with E-state index in [4.69, 9.17) is 10.00 Å². The Hall–Kier alpha value is -2.50. The summed E-state index contributed by atoms with van der Waals surface area (Å²) in [6, 6.07) is 5.61. The Morgan fingerprint density at radius 3 is 2.72 bits per heavy atom. The van der Waals surface area contributed by atoms with E-state index in [2.05, 4.69) is 15.2 Å². The first-order valence-corrected chi connectivity index (χ1v) is 10.3. The number of carbonyl (C=O) groups is 2. The van der Waals surface area contributed by atoms with Crippen molar-refractivity contribution < 1.29 is 14.3 Å². The van der Waals surface area contributed by atoms with E-state index in [0.29, 0.717) is 43.5 Å². The van der Waals surface area contributed by atoms with Gasteiger partial charge >= 0.3 is 0 Å². The molecule has 0 aromatic carbocycles. The van der Waals surface area contributed by atoms with Gasteiger partial charge in [0.1, 0.15) is 11.8 Å². The van der Waals surface area contributed by atoms with Crippen LogP contribution in [0.1, 0.15) is 41.7 Å². The molecule has 156 valence electrons. The van der Waals surface area contributed by atoms with Gasteiger partial charge in [0.15, 0.2) is 0 Å². The number of nitriles is 1.